The molecule has 1 aliphatic carbocycles. The number of hydrogen-bond donors (Lipinski definition) is 1. The summed E-state index contributed by atoms with van der Waals surface area (Å²) in [5, 5.41) is 8.98. The molecule has 0 bridgehead atoms. The molecular formula is C10H20O2. The molecule has 0 spiro atoms. The van der Waals surface area contributed by atoms with Crippen molar-refractivity contribution in [3.8, 4) is 0 Å². The minimum Gasteiger partial charge on any atom is -0.393 e. The predicted molar refractivity (Wildman–Crippen MR) is 49.1 cm³/mol. The van der Waals surface area contributed by atoms with Gasteiger partial charge in [-0.25, -0.2) is 0 Å². The Kier molecular flexibility index (Phi) is 4.62. The molecule has 0 radical (unpaired) electrons. The van der Waals surface area contributed by atoms with E-state index in [0.29, 0.717) is 6.10 Å². The van der Waals surface area contributed by atoms with Gasteiger partial charge in [0, 0.05) is 6.61 Å². The summed E-state index contributed by atoms with van der Waals surface area (Å²) in [4.78, 5) is 0. The maximum Gasteiger partial charge on any atom is 0.0624 e. The summed E-state index contributed by atoms with van der Waals surface area (Å²) in [7, 11) is 0. The van der Waals surface area contributed by atoms with Crippen molar-refractivity contribution in [2.24, 2.45) is 0 Å². The molecule has 12 heavy (non-hydrogen) atoms. The van der Waals surface area contributed by atoms with Crippen LogP contribution in [0.5, 0.6) is 0 Å². The molecule has 1 N–H and O–H groups in total. The number of hydrogen-bond acceptors (Lipinski definition) is 2. The molecule has 0 aromatic carbocycles. The molecule has 0 atom stereocenters. The van der Waals surface area contributed by atoms with Gasteiger partial charge in [0.1, 0.15) is 0 Å². The van der Waals surface area contributed by atoms with Crippen LogP contribution in [0.2, 0.25) is 0 Å². The molecule has 0 aromatic heterocycles. The first-order chi connectivity index (χ1) is 5.83. The van der Waals surface area contributed by atoms with Gasteiger partial charge in [-0.05, 0) is 19.3 Å². The molecule has 1 aliphatic rings. The van der Waals surface area contributed by atoms with Gasteiger partial charge in [0.15, 0.2) is 0 Å². The van der Waals surface area contributed by atoms with E-state index in [1.165, 1.54) is 25.7 Å². The lowest BCUT2D eigenvalue weighted by molar-refractivity contribution is -0.0714. The number of ether oxygens (including phenoxy) is 1. The molecule has 1 fully saturated rings. The molecule has 2 nitrogen and oxygen atoms in total. The van der Waals surface area contributed by atoms with Crippen molar-refractivity contribution < 1.29 is 9.84 Å². The second-order valence-corrected chi connectivity index (χ2v) is 3.68. The highest BCUT2D eigenvalue weighted by Crippen LogP contribution is 2.22. The summed E-state index contributed by atoms with van der Waals surface area (Å²) in [6, 6.07) is 0. The normalized spacial score (nSPS) is 28.5. The zero-order valence-electron chi connectivity index (χ0n) is 7.96. The van der Waals surface area contributed by atoms with Crippen molar-refractivity contribution in [2.75, 3.05) is 6.61 Å². The number of unbranched alkanes of at least 4 members (excludes halogenated alkanes) is 3. The highest BCUT2D eigenvalue weighted by molar-refractivity contribution is 4.78. The van der Waals surface area contributed by atoms with E-state index in [9.17, 15) is 0 Å². The first-order valence-corrected chi connectivity index (χ1v) is 5.12. The van der Waals surface area contributed by atoms with Crippen LogP contribution in [0.25, 0.3) is 0 Å². The second kappa shape index (κ2) is 5.55. The average molecular weight is 172 g/mol. The van der Waals surface area contributed by atoms with Crippen LogP contribution in [0.1, 0.15) is 45.4 Å². The van der Waals surface area contributed by atoms with E-state index in [0.717, 1.165) is 19.4 Å². The third-order valence-corrected chi connectivity index (χ3v) is 2.42. The summed E-state index contributed by atoms with van der Waals surface area (Å²) < 4.78 is 5.53. The molecule has 1 rings (SSSR count). The Bertz CT molecular complexity index is 108. The van der Waals surface area contributed by atoms with Gasteiger partial charge in [-0.2, -0.15) is 0 Å². The minimum atomic E-state index is -0.0781. The van der Waals surface area contributed by atoms with Gasteiger partial charge in [-0.15, -0.1) is 0 Å². The Hall–Kier alpha value is -0.0800. The average Bonchev–Trinajstić information content (AvgIpc) is 2.00. The number of aliphatic hydroxyl groups excluding tert-OH is 1. The Balaban J connectivity index is 1.77. The van der Waals surface area contributed by atoms with Crippen LogP contribution in [0.4, 0.5) is 0 Å². The fourth-order valence-corrected chi connectivity index (χ4v) is 1.45. The van der Waals surface area contributed by atoms with Gasteiger partial charge in [0.2, 0.25) is 0 Å². The van der Waals surface area contributed by atoms with Crippen LogP contribution < -0.4 is 0 Å². The summed E-state index contributed by atoms with van der Waals surface area (Å²) in [6.07, 6.45) is 7.05. The third-order valence-electron chi connectivity index (χ3n) is 2.42. The molecule has 0 heterocycles. The fraction of sp³-hybridized carbons (Fsp3) is 1.00. The lowest BCUT2D eigenvalue weighted by Crippen LogP contribution is -2.35. The van der Waals surface area contributed by atoms with Gasteiger partial charge < -0.3 is 9.84 Å². The molecule has 72 valence electrons. The van der Waals surface area contributed by atoms with Crippen molar-refractivity contribution in [3.63, 3.8) is 0 Å². The van der Waals surface area contributed by atoms with Gasteiger partial charge in [-0.3, -0.25) is 0 Å². The summed E-state index contributed by atoms with van der Waals surface area (Å²) >= 11 is 0. The van der Waals surface area contributed by atoms with Crippen molar-refractivity contribution in [2.45, 2.75) is 57.7 Å². The molecule has 0 unspecified atom stereocenters. The fourth-order valence-electron chi connectivity index (χ4n) is 1.45. The van der Waals surface area contributed by atoms with Crippen molar-refractivity contribution in [3.05, 3.63) is 0 Å². The predicted octanol–water partition coefficient (Wildman–Crippen LogP) is 2.11. The second-order valence-electron chi connectivity index (χ2n) is 3.68. The summed E-state index contributed by atoms with van der Waals surface area (Å²) in [5.41, 5.74) is 0. The number of aliphatic hydroxyl groups is 1. The van der Waals surface area contributed by atoms with Crippen molar-refractivity contribution in [1.29, 1.82) is 0 Å². The Labute approximate surface area is 74.9 Å². The standard InChI is InChI=1S/C10H20O2/c1-2-3-4-5-6-12-10-7-9(11)8-10/h9-11H,2-8H2,1H3. The van der Waals surface area contributed by atoms with Crippen LogP contribution >= 0.6 is 0 Å². The van der Waals surface area contributed by atoms with Crippen molar-refractivity contribution >= 4 is 0 Å². The van der Waals surface area contributed by atoms with E-state index in [1.807, 2.05) is 0 Å². The molecule has 0 amide bonds. The molecule has 0 aromatic rings. The zero-order chi connectivity index (χ0) is 8.81. The zero-order valence-corrected chi connectivity index (χ0v) is 7.96. The summed E-state index contributed by atoms with van der Waals surface area (Å²) in [6.45, 7) is 3.10. The molecule has 2 heteroatoms. The first-order valence-electron chi connectivity index (χ1n) is 5.12. The maximum absolute atomic E-state index is 8.98. The SMILES string of the molecule is CCCCCCOC1CC(O)C1. The van der Waals surface area contributed by atoms with Crippen LogP contribution in [0.15, 0.2) is 0 Å². The minimum absolute atomic E-state index is 0.0781. The van der Waals surface area contributed by atoms with E-state index in [1.54, 1.807) is 0 Å². The smallest absolute Gasteiger partial charge is 0.0624 e. The molecule has 1 saturated carbocycles. The summed E-state index contributed by atoms with van der Waals surface area (Å²) in [5.74, 6) is 0. The Morgan fingerprint density at radius 3 is 2.58 bits per heavy atom. The highest BCUT2D eigenvalue weighted by Gasteiger charge is 2.27. The van der Waals surface area contributed by atoms with E-state index in [-0.39, 0.29) is 6.10 Å². The van der Waals surface area contributed by atoms with Crippen molar-refractivity contribution in [1.82, 2.24) is 0 Å². The lowest BCUT2D eigenvalue weighted by atomic mass is 9.92. The van der Waals surface area contributed by atoms with Gasteiger partial charge >= 0.3 is 0 Å². The largest absolute Gasteiger partial charge is 0.393 e. The van der Waals surface area contributed by atoms with Gasteiger partial charge in [-0.1, -0.05) is 26.2 Å². The monoisotopic (exact) mass is 172 g/mol. The van der Waals surface area contributed by atoms with Crippen LogP contribution in [-0.4, -0.2) is 23.9 Å². The molecule has 0 saturated heterocycles. The van der Waals surface area contributed by atoms with E-state index in [4.69, 9.17) is 9.84 Å². The first kappa shape index (κ1) is 10.0. The van der Waals surface area contributed by atoms with Gasteiger partial charge in [0.05, 0.1) is 12.2 Å². The van der Waals surface area contributed by atoms with E-state index in [2.05, 4.69) is 6.92 Å². The van der Waals surface area contributed by atoms with Crippen LogP contribution in [-0.2, 0) is 4.74 Å². The molecular weight excluding hydrogens is 152 g/mol. The van der Waals surface area contributed by atoms with Gasteiger partial charge in [0.25, 0.3) is 0 Å². The van der Waals surface area contributed by atoms with E-state index < -0.39 is 0 Å². The third kappa shape index (κ3) is 3.55. The van der Waals surface area contributed by atoms with E-state index >= 15 is 0 Å². The highest BCUT2D eigenvalue weighted by atomic mass is 16.5. The Morgan fingerprint density at radius 2 is 2.00 bits per heavy atom. The quantitative estimate of drug-likeness (QED) is 0.622. The maximum atomic E-state index is 8.98. The number of rotatable bonds is 6. The molecule has 0 aliphatic heterocycles. The Morgan fingerprint density at radius 1 is 1.25 bits per heavy atom. The lowest BCUT2D eigenvalue weighted by Gasteiger charge is -2.31. The topological polar surface area (TPSA) is 29.5 Å². The van der Waals surface area contributed by atoms with Crippen LogP contribution in [0.3, 0.4) is 0 Å². The van der Waals surface area contributed by atoms with Crippen LogP contribution in [0, 0.1) is 0 Å².